The molecule has 0 spiro atoms. The number of nitrogens with one attached hydrogen (secondary N) is 1. The Morgan fingerprint density at radius 1 is 1.21 bits per heavy atom. The van der Waals surface area contributed by atoms with E-state index >= 15 is 0 Å². The topological polar surface area (TPSA) is 84.8 Å². The Morgan fingerprint density at radius 2 is 1.92 bits per heavy atom. The minimum Gasteiger partial charge on any atom is -0.483 e. The van der Waals surface area contributed by atoms with Crippen molar-refractivity contribution in [2.75, 3.05) is 7.11 Å². The molecule has 8 heteroatoms. The van der Waals surface area contributed by atoms with Gasteiger partial charge in [0, 0.05) is 12.8 Å². The summed E-state index contributed by atoms with van der Waals surface area (Å²) in [4.78, 5) is 14.8. The second-order valence-electron chi connectivity index (χ2n) is 5.02. The Morgan fingerprint density at radius 3 is 2.50 bits per heavy atom. The second kappa shape index (κ2) is 8.07. The van der Waals surface area contributed by atoms with Crippen LogP contribution in [0.5, 0.6) is 0 Å². The maximum Gasteiger partial charge on any atom is 0.276 e. The van der Waals surface area contributed by atoms with Gasteiger partial charge in [-0.1, -0.05) is 23.8 Å². The van der Waals surface area contributed by atoms with Gasteiger partial charge in [0.15, 0.2) is 5.78 Å². The quantitative estimate of drug-likeness (QED) is 0.353. The lowest BCUT2D eigenvalue weighted by Crippen LogP contribution is -2.21. The van der Waals surface area contributed by atoms with Crippen molar-refractivity contribution >= 4 is 33.0 Å². The number of ketones is 1. The predicted molar refractivity (Wildman–Crippen MR) is 93.8 cm³/mol. The molecule has 2 aromatic rings. The number of benzene rings is 1. The first-order valence-electron chi connectivity index (χ1n) is 7.18. The molecule has 0 bridgehead atoms. The summed E-state index contributed by atoms with van der Waals surface area (Å²) < 4.78 is 29.3. The summed E-state index contributed by atoms with van der Waals surface area (Å²) in [7, 11) is -2.38. The van der Waals surface area contributed by atoms with Crippen molar-refractivity contribution in [1.29, 1.82) is 0 Å². The van der Waals surface area contributed by atoms with Gasteiger partial charge in [-0.3, -0.25) is 4.79 Å². The summed E-state index contributed by atoms with van der Waals surface area (Å²) in [6.07, 6.45) is 0.406. The molecule has 0 aliphatic carbocycles. The van der Waals surface area contributed by atoms with E-state index < -0.39 is 10.0 Å². The Balaban J connectivity index is 1.99. The molecule has 6 nitrogen and oxygen atoms in total. The second-order valence-corrected chi connectivity index (χ2v) is 7.63. The van der Waals surface area contributed by atoms with Crippen molar-refractivity contribution in [1.82, 2.24) is 4.83 Å². The third-order valence-corrected chi connectivity index (χ3v) is 5.35. The van der Waals surface area contributed by atoms with Crippen LogP contribution in [0, 0.1) is 6.92 Å². The van der Waals surface area contributed by atoms with Crippen molar-refractivity contribution in [2.24, 2.45) is 5.10 Å². The normalized spacial score (nSPS) is 12.0. The summed E-state index contributed by atoms with van der Waals surface area (Å²) in [5.41, 5.74) is 0.960. The van der Waals surface area contributed by atoms with Gasteiger partial charge in [-0.15, -0.1) is 16.4 Å². The van der Waals surface area contributed by atoms with Crippen LogP contribution in [0.3, 0.4) is 0 Å². The lowest BCUT2D eigenvalue weighted by molar-refractivity contribution is 0.0987. The maximum absolute atomic E-state index is 12.1. The van der Waals surface area contributed by atoms with Gasteiger partial charge in [0.2, 0.25) is 5.90 Å². The standard InChI is InChI=1S/C16H18N2O4S2/c1-12-5-7-13(8-6-12)24(20,21)18-17-16(22-2)10-9-14(19)15-4-3-11-23-15/h3-8,11,18H,9-10H2,1-2H3. The van der Waals surface area contributed by atoms with Gasteiger partial charge >= 0.3 is 0 Å². The van der Waals surface area contributed by atoms with Crippen LogP contribution in [-0.2, 0) is 14.8 Å². The summed E-state index contributed by atoms with van der Waals surface area (Å²) >= 11 is 1.36. The third-order valence-electron chi connectivity index (χ3n) is 3.22. The summed E-state index contributed by atoms with van der Waals surface area (Å²) in [6, 6.07) is 9.96. The maximum atomic E-state index is 12.1. The lowest BCUT2D eigenvalue weighted by atomic mass is 10.2. The zero-order valence-corrected chi connectivity index (χ0v) is 15.0. The first kappa shape index (κ1) is 18.2. The molecule has 0 saturated carbocycles. The van der Waals surface area contributed by atoms with Crippen molar-refractivity contribution in [2.45, 2.75) is 24.7 Å². The molecule has 24 heavy (non-hydrogen) atoms. The van der Waals surface area contributed by atoms with E-state index in [1.807, 2.05) is 12.3 Å². The predicted octanol–water partition coefficient (Wildman–Crippen LogP) is 2.96. The Bertz CT molecular complexity index is 810. The number of rotatable bonds is 7. The molecule has 0 fully saturated rings. The van der Waals surface area contributed by atoms with Crippen LogP contribution >= 0.6 is 11.3 Å². The van der Waals surface area contributed by atoms with Crippen molar-refractivity contribution in [3.63, 3.8) is 0 Å². The van der Waals surface area contributed by atoms with Gasteiger partial charge in [-0.2, -0.15) is 13.2 Å². The highest BCUT2D eigenvalue weighted by Crippen LogP contribution is 2.13. The number of ether oxygens (including phenoxy) is 1. The molecule has 1 aromatic carbocycles. The number of Topliss-reactive ketones (excluding diaryl/α,β-unsaturated/α-hetero) is 1. The molecule has 128 valence electrons. The number of thiophene rings is 1. The molecule has 1 aromatic heterocycles. The average Bonchev–Trinajstić information content (AvgIpc) is 3.09. The van der Waals surface area contributed by atoms with E-state index in [2.05, 4.69) is 9.93 Å². The van der Waals surface area contributed by atoms with Crippen molar-refractivity contribution in [3.05, 3.63) is 52.2 Å². The summed E-state index contributed by atoms with van der Waals surface area (Å²) in [6.45, 7) is 1.87. The van der Waals surface area contributed by atoms with E-state index in [0.717, 1.165) is 5.56 Å². The first-order valence-corrected chi connectivity index (χ1v) is 9.54. The fourth-order valence-corrected chi connectivity index (χ4v) is 3.38. The van der Waals surface area contributed by atoms with Crippen LogP contribution in [0.25, 0.3) is 0 Å². The molecule has 0 radical (unpaired) electrons. The fraction of sp³-hybridized carbons (Fsp3) is 0.250. The van der Waals surface area contributed by atoms with Crippen molar-refractivity contribution in [3.8, 4) is 0 Å². The molecule has 0 aliphatic heterocycles. The Hall–Kier alpha value is -2.19. The third kappa shape index (κ3) is 4.90. The Labute approximate surface area is 145 Å². The van der Waals surface area contributed by atoms with Gasteiger partial charge in [0.25, 0.3) is 10.0 Å². The number of carbonyl (C=O) groups is 1. The molecule has 0 unspecified atom stereocenters. The molecule has 0 saturated heterocycles. The monoisotopic (exact) mass is 366 g/mol. The highest BCUT2D eigenvalue weighted by Gasteiger charge is 2.14. The highest BCUT2D eigenvalue weighted by molar-refractivity contribution is 7.89. The van der Waals surface area contributed by atoms with Gasteiger partial charge < -0.3 is 4.74 Å². The van der Waals surface area contributed by atoms with Crippen LogP contribution in [0.15, 0.2) is 51.8 Å². The molecule has 2 rings (SSSR count). The lowest BCUT2D eigenvalue weighted by Gasteiger charge is -2.07. The molecule has 1 N–H and O–H groups in total. The number of hydrogen-bond donors (Lipinski definition) is 1. The van der Waals surface area contributed by atoms with Gasteiger partial charge in [0.05, 0.1) is 16.9 Å². The number of hydrogen-bond acceptors (Lipinski definition) is 6. The Kier molecular flexibility index (Phi) is 6.10. The molecule has 0 aliphatic rings. The molecule has 0 atom stereocenters. The van der Waals surface area contributed by atoms with Crippen LogP contribution < -0.4 is 4.83 Å². The fourth-order valence-electron chi connectivity index (χ4n) is 1.87. The zero-order valence-electron chi connectivity index (χ0n) is 13.4. The molecular weight excluding hydrogens is 348 g/mol. The van der Waals surface area contributed by atoms with Gasteiger partial charge in [-0.05, 0) is 30.5 Å². The van der Waals surface area contributed by atoms with E-state index in [-0.39, 0.29) is 29.4 Å². The minimum absolute atomic E-state index is 0.0314. The molecule has 0 amide bonds. The minimum atomic E-state index is -3.76. The summed E-state index contributed by atoms with van der Waals surface area (Å²) in [5.74, 6) is 0.117. The van der Waals surface area contributed by atoms with E-state index in [1.54, 1.807) is 24.3 Å². The number of sulfonamides is 1. The largest absolute Gasteiger partial charge is 0.483 e. The first-order chi connectivity index (χ1) is 11.4. The average molecular weight is 366 g/mol. The van der Waals surface area contributed by atoms with E-state index in [0.29, 0.717) is 4.88 Å². The highest BCUT2D eigenvalue weighted by atomic mass is 32.2. The van der Waals surface area contributed by atoms with Crippen LogP contribution in [0.4, 0.5) is 0 Å². The number of hydrazone groups is 1. The number of carbonyl (C=O) groups excluding carboxylic acids is 1. The van der Waals surface area contributed by atoms with Crippen LogP contribution in [0.1, 0.15) is 28.1 Å². The van der Waals surface area contributed by atoms with Gasteiger partial charge in [-0.25, -0.2) is 0 Å². The summed E-state index contributed by atoms with van der Waals surface area (Å²) in [5, 5.41) is 5.60. The van der Waals surface area contributed by atoms with Crippen LogP contribution in [-0.4, -0.2) is 27.2 Å². The smallest absolute Gasteiger partial charge is 0.276 e. The van der Waals surface area contributed by atoms with E-state index in [1.165, 1.54) is 30.6 Å². The molecular formula is C16H18N2O4S2. The number of aryl methyl sites for hydroxylation is 1. The SMILES string of the molecule is COC(CCC(=O)c1cccs1)=NNS(=O)(=O)c1ccc(C)cc1. The van der Waals surface area contributed by atoms with E-state index in [9.17, 15) is 13.2 Å². The van der Waals surface area contributed by atoms with Crippen molar-refractivity contribution < 1.29 is 17.9 Å². The van der Waals surface area contributed by atoms with Gasteiger partial charge in [0.1, 0.15) is 0 Å². The van der Waals surface area contributed by atoms with E-state index in [4.69, 9.17) is 4.74 Å². The van der Waals surface area contributed by atoms with Crippen LogP contribution in [0.2, 0.25) is 0 Å². The molecule has 1 heterocycles. The number of methoxy groups -OCH3 is 1. The zero-order chi connectivity index (χ0) is 17.6. The number of nitrogens with zero attached hydrogens (tertiary/aromatic N) is 1.